The number of hydrogen-bond acceptors (Lipinski definition) is 5. The second-order valence-electron chi connectivity index (χ2n) is 2.86. The second-order valence-corrected chi connectivity index (χ2v) is 2.86. The first-order valence-corrected chi connectivity index (χ1v) is 4.60. The normalized spacial score (nSPS) is 9.80. The molecule has 0 aliphatic heterocycles. The molecule has 88 valence electrons. The van der Waals surface area contributed by atoms with Crippen LogP contribution in [0.25, 0.3) is 0 Å². The van der Waals surface area contributed by atoms with E-state index in [2.05, 4.69) is 9.47 Å². The van der Waals surface area contributed by atoms with Gasteiger partial charge in [-0.15, -0.1) is 0 Å². The van der Waals surface area contributed by atoms with Crippen molar-refractivity contribution in [2.75, 3.05) is 40.5 Å². The lowest BCUT2D eigenvalue weighted by Gasteiger charge is -2.20. The molecule has 15 heavy (non-hydrogen) atoms. The molecule has 0 spiro atoms. The number of ether oxygens (including phenoxy) is 2. The van der Waals surface area contributed by atoms with Crippen LogP contribution in [0.3, 0.4) is 0 Å². The molecular formula is C9H17NO5. The number of aliphatic hydroxyl groups excluding tert-OH is 1. The first kappa shape index (κ1) is 13.9. The standard InChI is InChI=1S/C9H17NO5/c1-14-7-8(12)10(5-6-11)4-3-9(13)15-2/h11H,3-7H2,1-2H3. The highest BCUT2D eigenvalue weighted by Crippen LogP contribution is 1.95. The lowest BCUT2D eigenvalue weighted by Crippen LogP contribution is -2.37. The number of esters is 1. The highest BCUT2D eigenvalue weighted by molar-refractivity contribution is 5.78. The third-order valence-corrected chi connectivity index (χ3v) is 1.80. The van der Waals surface area contributed by atoms with Crippen LogP contribution in [0.2, 0.25) is 0 Å². The minimum Gasteiger partial charge on any atom is -0.469 e. The topological polar surface area (TPSA) is 76.1 Å². The molecule has 6 nitrogen and oxygen atoms in total. The zero-order valence-corrected chi connectivity index (χ0v) is 9.06. The van der Waals surface area contributed by atoms with Crippen LogP contribution in [-0.2, 0) is 19.1 Å². The first-order valence-electron chi connectivity index (χ1n) is 4.60. The number of methoxy groups -OCH3 is 2. The molecule has 0 aliphatic carbocycles. The van der Waals surface area contributed by atoms with Crippen molar-refractivity contribution in [2.45, 2.75) is 6.42 Å². The predicted octanol–water partition coefficient (Wildman–Crippen LogP) is -0.983. The second kappa shape index (κ2) is 8.19. The van der Waals surface area contributed by atoms with Crippen LogP contribution in [-0.4, -0.2) is 62.4 Å². The van der Waals surface area contributed by atoms with Crippen LogP contribution in [0.5, 0.6) is 0 Å². The van der Waals surface area contributed by atoms with Gasteiger partial charge in [0.25, 0.3) is 0 Å². The van der Waals surface area contributed by atoms with Gasteiger partial charge in [0, 0.05) is 20.2 Å². The summed E-state index contributed by atoms with van der Waals surface area (Å²) in [6.07, 6.45) is 0.117. The van der Waals surface area contributed by atoms with Crippen molar-refractivity contribution >= 4 is 11.9 Å². The third-order valence-electron chi connectivity index (χ3n) is 1.80. The molecule has 1 amide bonds. The fourth-order valence-corrected chi connectivity index (χ4v) is 1.02. The zero-order chi connectivity index (χ0) is 11.7. The number of hydrogen-bond donors (Lipinski definition) is 1. The molecule has 0 bridgehead atoms. The molecule has 0 saturated heterocycles. The van der Waals surface area contributed by atoms with E-state index in [4.69, 9.17) is 5.11 Å². The van der Waals surface area contributed by atoms with Gasteiger partial charge in [-0.25, -0.2) is 0 Å². The summed E-state index contributed by atoms with van der Waals surface area (Å²) in [5.41, 5.74) is 0. The molecular weight excluding hydrogens is 202 g/mol. The number of amides is 1. The number of nitrogens with zero attached hydrogens (tertiary/aromatic N) is 1. The molecule has 0 unspecified atom stereocenters. The summed E-state index contributed by atoms with van der Waals surface area (Å²) in [6, 6.07) is 0. The van der Waals surface area contributed by atoms with Gasteiger partial charge >= 0.3 is 5.97 Å². The van der Waals surface area contributed by atoms with E-state index in [9.17, 15) is 9.59 Å². The van der Waals surface area contributed by atoms with E-state index in [1.54, 1.807) is 0 Å². The predicted molar refractivity (Wildman–Crippen MR) is 52.2 cm³/mol. The SMILES string of the molecule is COCC(=O)N(CCO)CCC(=O)OC. The summed E-state index contributed by atoms with van der Waals surface area (Å²) in [5, 5.41) is 8.73. The van der Waals surface area contributed by atoms with Gasteiger partial charge < -0.3 is 19.5 Å². The van der Waals surface area contributed by atoms with Crippen molar-refractivity contribution in [3.05, 3.63) is 0 Å². The average Bonchev–Trinajstić information content (AvgIpc) is 2.23. The molecule has 1 N–H and O–H groups in total. The van der Waals surface area contributed by atoms with Crippen LogP contribution in [0.1, 0.15) is 6.42 Å². The molecule has 0 atom stereocenters. The Kier molecular flexibility index (Phi) is 7.57. The van der Waals surface area contributed by atoms with Gasteiger partial charge in [-0.3, -0.25) is 9.59 Å². The molecule has 0 rings (SSSR count). The smallest absolute Gasteiger partial charge is 0.307 e. The molecule has 0 saturated carbocycles. The van der Waals surface area contributed by atoms with Crippen molar-refractivity contribution in [1.29, 1.82) is 0 Å². The summed E-state index contributed by atoms with van der Waals surface area (Å²) in [4.78, 5) is 23.6. The Bertz CT molecular complexity index is 207. The van der Waals surface area contributed by atoms with Gasteiger partial charge in [-0.05, 0) is 0 Å². The average molecular weight is 219 g/mol. The van der Waals surface area contributed by atoms with E-state index in [-0.39, 0.29) is 44.6 Å². The summed E-state index contributed by atoms with van der Waals surface area (Å²) in [5.74, 6) is -0.640. The molecule has 0 aliphatic rings. The minimum absolute atomic E-state index is 0.0544. The Morgan fingerprint density at radius 1 is 1.27 bits per heavy atom. The maximum absolute atomic E-state index is 11.4. The monoisotopic (exact) mass is 219 g/mol. The van der Waals surface area contributed by atoms with Gasteiger partial charge in [-0.2, -0.15) is 0 Å². The number of rotatable bonds is 7. The lowest BCUT2D eigenvalue weighted by atomic mass is 10.3. The molecule has 0 heterocycles. The van der Waals surface area contributed by atoms with E-state index in [0.29, 0.717) is 0 Å². The van der Waals surface area contributed by atoms with E-state index in [1.807, 2.05) is 0 Å². The Morgan fingerprint density at radius 3 is 2.40 bits per heavy atom. The molecule has 0 aromatic heterocycles. The van der Waals surface area contributed by atoms with Gasteiger partial charge in [-0.1, -0.05) is 0 Å². The fourth-order valence-electron chi connectivity index (χ4n) is 1.02. The maximum Gasteiger partial charge on any atom is 0.307 e. The Balaban J connectivity index is 4.02. The number of aliphatic hydroxyl groups is 1. The largest absolute Gasteiger partial charge is 0.469 e. The number of carbonyl (C=O) groups is 2. The quantitative estimate of drug-likeness (QED) is 0.557. The van der Waals surface area contributed by atoms with Gasteiger partial charge in [0.2, 0.25) is 5.91 Å². The van der Waals surface area contributed by atoms with Crippen molar-refractivity contribution in [3.8, 4) is 0 Å². The highest BCUT2D eigenvalue weighted by Gasteiger charge is 2.14. The van der Waals surface area contributed by atoms with Gasteiger partial charge in [0.15, 0.2) is 0 Å². The molecule has 0 aromatic rings. The van der Waals surface area contributed by atoms with Crippen LogP contribution in [0, 0.1) is 0 Å². The molecule has 0 fully saturated rings. The van der Waals surface area contributed by atoms with Crippen molar-refractivity contribution in [3.63, 3.8) is 0 Å². The van der Waals surface area contributed by atoms with E-state index in [0.717, 1.165) is 0 Å². The molecule has 6 heteroatoms. The Hall–Kier alpha value is -1.14. The highest BCUT2D eigenvalue weighted by atomic mass is 16.5. The van der Waals surface area contributed by atoms with Crippen LogP contribution >= 0.6 is 0 Å². The molecule has 0 aromatic carbocycles. The minimum atomic E-state index is -0.386. The fraction of sp³-hybridized carbons (Fsp3) is 0.778. The number of carbonyl (C=O) groups excluding carboxylic acids is 2. The van der Waals surface area contributed by atoms with Gasteiger partial charge in [0.05, 0.1) is 20.1 Å². The van der Waals surface area contributed by atoms with Gasteiger partial charge in [0.1, 0.15) is 6.61 Å². The summed E-state index contributed by atoms with van der Waals surface area (Å²) >= 11 is 0. The Labute approximate surface area is 88.8 Å². The summed E-state index contributed by atoms with van der Waals surface area (Å²) in [6.45, 7) is 0.229. The van der Waals surface area contributed by atoms with Crippen LogP contribution in [0.15, 0.2) is 0 Å². The Morgan fingerprint density at radius 2 is 1.93 bits per heavy atom. The van der Waals surface area contributed by atoms with Crippen molar-refractivity contribution in [2.24, 2.45) is 0 Å². The third kappa shape index (κ3) is 6.03. The van der Waals surface area contributed by atoms with E-state index < -0.39 is 0 Å². The molecule has 0 radical (unpaired) electrons. The maximum atomic E-state index is 11.4. The summed E-state index contributed by atoms with van der Waals surface area (Å²) < 4.78 is 9.12. The first-order chi connectivity index (χ1) is 7.15. The lowest BCUT2D eigenvalue weighted by molar-refractivity contribution is -0.142. The van der Waals surface area contributed by atoms with Crippen molar-refractivity contribution < 1.29 is 24.2 Å². The summed E-state index contributed by atoms with van der Waals surface area (Å²) in [7, 11) is 2.70. The van der Waals surface area contributed by atoms with Crippen LogP contribution in [0.4, 0.5) is 0 Å². The zero-order valence-electron chi connectivity index (χ0n) is 9.06. The van der Waals surface area contributed by atoms with E-state index >= 15 is 0 Å². The van der Waals surface area contributed by atoms with Crippen LogP contribution < -0.4 is 0 Å². The van der Waals surface area contributed by atoms with E-state index in [1.165, 1.54) is 19.1 Å². The van der Waals surface area contributed by atoms with Crippen molar-refractivity contribution in [1.82, 2.24) is 4.90 Å².